The Bertz CT molecular complexity index is 823. The molecule has 0 atom stereocenters. The first-order valence-corrected chi connectivity index (χ1v) is 11.2. The van der Waals surface area contributed by atoms with Gasteiger partial charge in [-0.1, -0.05) is 11.3 Å². The van der Waals surface area contributed by atoms with Gasteiger partial charge in [-0.25, -0.2) is 4.98 Å². The third-order valence-corrected chi connectivity index (χ3v) is 7.76. The maximum atomic E-state index is 5.49. The lowest BCUT2D eigenvalue weighted by molar-refractivity contribution is -0.535. The molecule has 2 fully saturated rings. The number of aromatic nitrogens is 1. The fourth-order valence-corrected chi connectivity index (χ4v) is 6.59. The summed E-state index contributed by atoms with van der Waals surface area (Å²) in [6.07, 6.45) is 6.25. The lowest BCUT2D eigenvalue weighted by atomic mass is 9.80. The van der Waals surface area contributed by atoms with Crippen LogP contribution in [0.2, 0.25) is 0 Å². The number of morpholine rings is 1. The van der Waals surface area contributed by atoms with Crippen LogP contribution in [-0.4, -0.2) is 59.8 Å². The molecule has 1 aromatic heterocycles. The Balaban J connectivity index is 1.51. The van der Waals surface area contributed by atoms with E-state index in [2.05, 4.69) is 29.4 Å². The number of hydrogen-bond donors (Lipinski definition) is 0. The molecule has 0 spiro atoms. The van der Waals surface area contributed by atoms with Crippen LogP contribution in [0.15, 0.2) is 9.90 Å². The van der Waals surface area contributed by atoms with Crippen LogP contribution in [-0.2, 0) is 10.2 Å². The number of fused-ring (bicyclic) bond motifs is 2. The molecule has 0 amide bonds. The number of thioether (sulfide) groups is 1. The Labute approximate surface area is 162 Å². The standard InChI is InChI=1S/C19H25N4OS2/c1-19(2)15-13(25-17(20-15)22-6-4-3-5-7-22)12-14-16(19)21-18(26-14)23-8-10-24-11-9-23/h12H,3-11H2,1-2H3/q+1. The van der Waals surface area contributed by atoms with Gasteiger partial charge in [0, 0.05) is 24.9 Å². The molecule has 0 saturated carbocycles. The SMILES string of the molecule is CC1(C)C2=NC(=[N+]3CCCCC3)SC2=Cc2sc(N3CCOCC3)nc21. The Kier molecular flexibility index (Phi) is 4.21. The average Bonchev–Trinajstić information content (AvgIpc) is 3.29. The molecule has 5 nitrogen and oxygen atoms in total. The molecule has 0 bridgehead atoms. The molecule has 138 valence electrons. The van der Waals surface area contributed by atoms with Crippen LogP contribution in [0.1, 0.15) is 43.7 Å². The third-order valence-electron chi connectivity index (χ3n) is 5.64. The van der Waals surface area contributed by atoms with Gasteiger partial charge in [-0.2, -0.15) is 0 Å². The largest absolute Gasteiger partial charge is 0.378 e. The fourth-order valence-electron chi connectivity index (χ4n) is 4.07. The number of rotatable bonds is 1. The number of nitrogens with zero attached hydrogens (tertiary/aromatic N) is 4. The Morgan fingerprint density at radius 3 is 2.69 bits per heavy atom. The first-order valence-electron chi connectivity index (χ1n) is 9.58. The summed E-state index contributed by atoms with van der Waals surface area (Å²) in [5.74, 6) is 0. The molecule has 4 aliphatic rings. The molecule has 5 rings (SSSR count). The predicted molar refractivity (Wildman–Crippen MR) is 110 cm³/mol. The van der Waals surface area contributed by atoms with E-state index in [1.807, 2.05) is 23.1 Å². The van der Waals surface area contributed by atoms with Crippen molar-refractivity contribution in [2.24, 2.45) is 4.99 Å². The van der Waals surface area contributed by atoms with Crippen LogP contribution < -0.4 is 4.90 Å². The van der Waals surface area contributed by atoms with Crippen molar-refractivity contribution >= 4 is 45.2 Å². The molecule has 2 saturated heterocycles. The van der Waals surface area contributed by atoms with E-state index in [1.54, 1.807) is 0 Å². The molecule has 0 N–H and O–H groups in total. The lowest BCUT2D eigenvalue weighted by Crippen LogP contribution is -2.36. The highest BCUT2D eigenvalue weighted by molar-refractivity contribution is 8.18. The minimum absolute atomic E-state index is 0.134. The summed E-state index contributed by atoms with van der Waals surface area (Å²) < 4.78 is 7.96. The molecule has 7 heteroatoms. The number of amidine groups is 1. The van der Waals surface area contributed by atoms with Crippen molar-refractivity contribution in [1.82, 2.24) is 4.98 Å². The highest BCUT2D eigenvalue weighted by atomic mass is 32.2. The minimum Gasteiger partial charge on any atom is -0.378 e. The number of thiazole rings is 1. The highest BCUT2D eigenvalue weighted by Crippen LogP contribution is 2.47. The fraction of sp³-hybridized carbons (Fsp3) is 0.632. The molecule has 0 aromatic carbocycles. The molecule has 1 aromatic rings. The summed E-state index contributed by atoms with van der Waals surface area (Å²) in [5.41, 5.74) is 2.26. The number of hydrogen-bond acceptors (Lipinski definition) is 5. The van der Waals surface area contributed by atoms with Crippen molar-refractivity contribution in [3.8, 4) is 0 Å². The van der Waals surface area contributed by atoms with Crippen molar-refractivity contribution in [2.75, 3.05) is 44.3 Å². The minimum atomic E-state index is -0.134. The van der Waals surface area contributed by atoms with Gasteiger partial charge in [0.1, 0.15) is 0 Å². The van der Waals surface area contributed by atoms with Gasteiger partial charge in [-0.15, -0.1) is 0 Å². The Hall–Kier alpha value is -1.18. The summed E-state index contributed by atoms with van der Waals surface area (Å²) in [6, 6.07) is 0. The summed E-state index contributed by atoms with van der Waals surface area (Å²) in [4.78, 5) is 15.1. The van der Waals surface area contributed by atoms with Gasteiger partial charge in [0.05, 0.1) is 47.2 Å². The Morgan fingerprint density at radius 2 is 1.92 bits per heavy atom. The topological polar surface area (TPSA) is 40.7 Å². The van der Waals surface area contributed by atoms with Crippen LogP contribution in [0.3, 0.4) is 0 Å². The van der Waals surface area contributed by atoms with Gasteiger partial charge >= 0.3 is 5.17 Å². The second-order valence-electron chi connectivity index (χ2n) is 7.84. The van der Waals surface area contributed by atoms with Crippen molar-refractivity contribution in [1.29, 1.82) is 0 Å². The van der Waals surface area contributed by atoms with Crippen molar-refractivity contribution in [3.63, 3.8) is 0 Å². The van der Waals surface area contributed by atoms with Crippen LogP contribution in [0, 0.1) is 0 Å². The summed E-state index contributed by atoms with van der Waals surface area (Å²) in [6.45, 7) is 10.3. The Morgan fingerprint density at radius 1 is 1.15 bits per heavy atom. The molecular weight excluding hydrogens is 364 g/mol. The third kappa shape index (κ3) is 2.75. The van der Waals surface area contributed by atoms with Crippen LogP contribution in [0.25, 0.3) is 6.08 Å². The number of ether oxygens (including phenoxy) is 1. The molecule has 0 radical (unpaired) electrons. The van der Waals surface area contributed by atoms with E-state index in [1.165, 1.54) is 45.6 Å². The lowest BCUT2D eigenvalue weighted by Gasteiger charge is -2.26. The zero-order valence-corrected chi connectivity index (χ0v) is 17.1. The van der Waals surface area contributed by atoms with Gasteiger partial charge in [0.2, 0.25) is 0 Å². The van der Waals surface area contributed by atoms with Gasteiger partial charge in [-0.05, 0) is 44.2 Å². The van der Waals surface area contributed by atoms with E-state index < -0.39 is 0 Å². The van der Waals surface area contributed by atoms with Crippen LogP contribution >= 0.6 is 23.1 Å². The summed E-state index contributed by atoms with van der Waals surface area (Å²) in [7, 11) is 0. The van der Waals surface area contributed by atoms with Crippen molar-refractivity contribution in [2.45, 2.75) is 38.5 Å². The van der Waals surface area contributed by atoms with E-state index >= 15 is 0 Å². The van der Waals surface area contributed by atoms with E-state index in [0.717, 1.165) is 44.5 Å². The number of aliphatic imine (C=N–C) groups is 1. The number of anilines is 1. The van der Waals surface area contributed by atoms with Crippen LogP contribution in [0.5, 0.6) is 0 Å². The van der Waals surface area contributed by atoms with Gasteiger partial charge in [-0.3, -0.25) is 4.58 Å². The number of piperidine rings is 1. The quantitative estimate of drug-likeness (QED) is 0.691. The molecular formula is C19H25N4OS2+. The van der Waals surface area contributed by atoms with E-state index in [9.17, 15) is 0 Å². The monoisotopic (exact) mass is 389 g/mol. The van der Waals surface area contributed by atoms with Crippen molar-refractivity contribution < 1.29 is 9.31 Å². The predicted octanol–water partition coefficient (Wildman–Crippen LogP) is 3.35. The number of allylic oxidation sites excluding steroid dienone is 1. The van der Waals surface area contributed by atoms with E-state index in [4.69, 9.17) is 14.7 Å². The maximum Gasteiger partial charge on any atom is 0.359 e. The van der Waals surface area contributed by atoms with Gasteiger partial charge in [0.15, 0.2) is 10.8 Å². The zero-order valence-electron chi connectivity index (χ0n) is 15.5. The molecule has 0 unspecified atom stereocenters. The van der Waals surface area contributed by atoms with Crippen molar-refractivity contribution in [3.05, 3.63) is 15.5 Å². The second-order valence-corrected chi connectivity index (χ2v) is 9.85. The highest BCUT2D eigenvalue weighted by Gasteiger charge is 2.47. The summed E-state index contributed by atoms with van der Waals surface area (Å²) in [5, 5.41) is 2.33. The van der Waals surface area contributed by atoms with Gasteiger partial charge in [0.25, 0.3) is 0 Å². The van der Waals surface area contributed by atoms with E-state index in [0.29, 0.717) is 0 Å². The first-order chi connectivity index (χ1) is 12.6. The first kappa shape index (κ1) is 17.0. The molecule has 1 aliphatic carbocycles. The zero-order chi connectivity index (χ0) is 17.7. The molecule has 4 heterocycles. The van der Waals surface area contributed by atoms with Crippen LogP contribution in [0.4, 0.5) is 5.13 Å². The van der Waals surface area contributed by atoms with E-state index in [-0.39, 0.29) is 5.41 Å². The average molecular weight is 390 g/mol. The summed E-state index contributed by atoms with van der Waals surface area (Å²) >= 11 is 3.68. The second kappa shape index (κ2) is 6.46. The van der Waals surface area contributed by atoms with Gasteiger partial charge < -0.3 is 9.64 Å². The molecule has 26 heavy (non-hydrogen) atoms. The maximum absolute atomic E-state index is 5.49. The normalized spacial score (nSPS) is 24.9. The molecule has 3 aliphatic heterocycles. The smallest absolute Gasteiger partial charge is 0.359 e.